The molecule has 98 valence electrons. The van der Waals surface area contributed by atoms with Crippen molar-refractivity contribution < 1.29 is 14.6 Å². The Hall–Kier alpha value is -1.39. The largest absolute Gasteiger partial charge is 0.388 e. The second-order valence-electron chi connectivity index (χ2n) is 4.90. The number of hydrogen-bond donors (Lipinski definition) is 1. The van der Waals surface area contributed by atoms with Gasteiger partial charge in [-0.1, -0.05) is 0 Å². The highest BCUT2D eigenvalue weighted by Gasteiger charge is 2.31. The predicted molar refractivity (Wildman–Crippen MR) is 70.1 cm³/mol. The van der Waals surface area contributed by atoms with Crippen LogP contribution >= 0.6 is 0 Å². The van der Waals surface area contributed by atoms with Crippen LogP contribution in [-0.4, -0.2) is 43.8 Å². The Morgan fingerprint density at radius 2 is 1.94 bits per heavy atom. The van der Waals surface area contributed by atoms with E-state index in [2.05, 4.69) is 0 Å². The SMILES string of the molecule is CN(CC1(O)CCOCC1)c1ccc(C=O)cc1. The lowest BCUT2D eigenvalue weighted by molar-refractivity contribution is -0.0572. The lowest BCUT2D eigenvalue weighted by Crippen LogP contribution is -2.45. The van der Waals surface area contributed by atoms with Gasteiger partial charge in [-0.05, 0) is 24.3 Å². The monoisotopic (exact) mass is 249 g/mol. The van der Waals surface area contributed by atoms with Crippen LogP contribution in [0.5, 0.6) is 0 Å². The van der Waals surface area contributed by atoms with Crippen LogP contribution in [0.15, 0.2) is 24.3 Å². The normalized spacial score (nSPS) is 18.3. The highest BCUT2D eigenvalue weighted by molar-refractivity contribution is 5.75. The fourth-order valence-corrected chi connectivity index (χ4v) is 2.25. The molecule has 0 bridgehead atoms. The molecule has 4 nitrogen and oxygen atoms in total. The number of aliphatic hydroxyl groups is 1. The first-order valence-electron chi connectivity index (χ1n) is 6.19. The molecule has 1 aliphatic rings. The molecule has 0 aliphatic carbocycles. The summed E-state index contributed by atoms with van der Waals surface area (Å²) in [6.45, 7) is 1.82. The Morgan fingerprint density at radius 1 is 1.33 bits per heavy atom. The van der Waals surface area contributed by atoms with E-state index in [0.29, 0.717) is 38.2 Å². The van der Waals surface area contributed by atoms with Crippen LogP contribution in [0.1, 0.15) is 23.2 Å². The smallest absolute Gasteiger partial charge is 0.150 e. The van der Waals surface area contributed by atoms with E-state index in [9.17, 15) is 9.90 Å². The van der Waals surface area contributed by atoms with Crippen molar-refractivity contribution in [2.75, 3.05) is 31.7 Å². The Balaban J connectivity index is 2.01. The molecule has 0 saturated carbocycles. The van der Waals surface area contributed by atoms with E-state index in [-0.39, 0.29) is 0 Å². The van der Waals surface area contributed by atoms with Gasteiger partial charge in [0.25, 0.3) is 0 Å². The summed E-state index contributed by atoms with van der Waals surface area (Å²) in [4.78, 5) is 12.6. The van der Waals surface area contributed by atoms with Gasteiger partial charge >= 0.3 is 0 Å². The van der Waals surface area contributed by atoms with Crippen molar-refractivity contribution in [2.24, 2.45) is 0 Å². The summed E-state index contributed by atoms with van der Waals surface area (Å²) in [5.41, 5.74) is 0.994. The topological polar surface area (TPSA) is 49.8 Å². The summed E-state index contributed by atoms with van der Waals surface area (Å²) in [6, 6.07) is 7.36. The molecular formula is C14H19NO3. The Kier molecular flexibility index (Phi) is 3.99. The molecule has 1 saturated heterocycles. The van der Waals surface area contributed by atoms with Crippen LogP contribution in [-0.2, 0) is 4.74 Å². The quantitative estimate of drug-likeness (QED) is 0.821. The molecule has 1 aromatic rings. The molecule has 2 rings (SSSR count). The number of rotatable bonds is 4. The fourth-order valence-electron chi connectivity index (χ4n) is 2.25. The molecule has 1 N–H and O–H groups in total. The summed E-state index contributed by atoms with van der Waals surface area (Å²) < 4.78 is 5.27. The molecular weight excluding hydrogens is 230 g/mol. The summed E-state index contributed by atoms with van der Waals surface area (Å²) in [6.07, 6.45) is 2.17. The Bertz CT molecular complexity index is 396. The van der Waals surface area contributed by atoms with Crippen molar-refractivity contribution in [1.29, 1.82) is 0 Å². The van der Waals surface area contributed by atoms with Gasteiger partial charge in [-0.15, -0.1) is 0 Å². The standard InChI is InChI=1S/C14H19NO3/c1-15(11-14(17)6-8-18-9-7-14)13-4-2-12(10-16)3-5-13/h2-5,10,17H,6-9,11H2,1H3. The van der Waals surface area contributed by atoms with Gasteiger partial charge in [0.2, 0.25) is 0 Å². The average molecular weight is 249 g/mol. The minimum absolute atomic E-state index is 0.580. The first-order valence-corrected chi connectivity index (χ1v) is 6.19. The summed E-state index contributed by atoms with van der Waals surface area (Å²) in [5, 5.41) is 10.4. The van der Waals surface area contributed by atoms with Crippen molar-refractivity contribution in [1.82, 2.24) is 0 Å². The second kappa shape index (κ2) is 5.50. The van der Waals surface area contributed by atoms with E-state index >= 15 is 0 Å². The third-order valence-corrected chi connectivity index (χ3v) is 3.42. The average Bonchev–Trinajstić information content (AvgIpc) is 2.39. The lowest BCUT2D eigenvalue weighted by atomic mass is 9.94. The molecule has 1 heterocycles. The second-order valence-corrected chi connectivity index (χ2v) is 4.90. The first kappa shape index (κ1) is 13.1. The maximum atomic E-state index is 10.6. The van der Waals surface area contributed by atoms with Crippen LogP contribution in [0.3, 0.4) is 0 Å². The van der Waals surface area contributed by atoms with Crippen LogP contribution in [0, 0.1) is 0 Å². The maximum absolute atomic E-state index is 10.6. The zero-order chi connectivity index (χ0) is 13.0. The van der Waals surface area contributed by atoms with Gasteiger partial charge < -0.3 is 14.7 Å². The zero-order valence-electron chi connectivity index (χ0n) is 10.6. The van der Waals surface area contributed by atoms with E-state index in [1.807, 2.05) is 24.1 Å². The molecule has 0 atom stereocenters. The molecule has 1 aromatic carbocycles. The Labute approximate surface area is 107 Å². The van der Waals surface area contributed by atoms with Crippen LogP contribution < -0.4 is 4.90 Å². The molecule has 4 heteroatoms. The fraction of sp³-hybridized carbons (Fsp3) is 0.500. The van der Waals surface area contributed by atoms with Crippen molar-refractivity contribution in [3.63, 3.8) is 0 Å². The summed E-state index contributed by atoms with van der Waals surface area (Å²) >= 11 is 0. The van der Waals surface area contributed by atoms with Crippen molar-refractivity contribution in [3.05, 3.63) is 29.8 Å². The zero-order valence-corrected chi connectivity index (χ0v) is 10.6. The lowest BCUT2D eigenvalue weighted by Gasteiger charge is -2.36. The van der Waals surface area contributed by atoms with Crippen molar-refractivity contribution in [2.45, 2.75) is 18.4 Å². The summed E-state index contributed by atoms with van der Waals surface area (Å²) in [5.74, 6) is 0. The Morgan fingerprint density at radius 3 is 2.50 bits per heavy atom. The van der Waals surface area contributed by atoms with E-state index in [4.69, 9.17) is 4.74 Å². The van der Waals surface area contributed by atoms with E-state index in [0.717, 1.165) is 12.0 Å². The molecule has 18 heavy (non-hydrogen) atoms. The van der Waals surface area contributed by atoms with Gasteiger partial charge in [-0.25, -0.2) is 0 Å². The molecule has 0 radical (unpaired) electrons. The van der Waals surface area contributed by atoms with E-state index < -0.39 is 5.60 Å². The van der Waals surface area contributed by atoms with E-state index in [1.54, 1.807) is 12.1 Å². The molecule has 0 unspecified atom stereocenters. The third-order valence-electron chi connectivity index (χ3n) is 3.42. The van der Waals surface area contributed by atoms with Gasteiger partial charge in [0.15, 0.2) is 0 Å². The maximum Gasteiger partial charge on any atom is 0.150 e. The number of carbonyl (C=O) groups excluding carboxylic acids is 1. The molecule has 0 amide bonds. The first-order chi connectivity index (χ1) is 8.63. The van der Waals surface area contributed by atoms with Crippen LogP contribution in [0.2, 0.25) is 0 Å². The van der Waals surface area contributed by atoms with Gasteiger partial charge in [-0.3, -0.25) is 4.79 Å². The van der Waals surface area contributed by atoms with Crippen LogP contribution in [0.25, 0.3) is 0 Å². The molecule has 1 aliphatic heterocycles. The van der Waals surface area contributed by atoms with Gasteiger partial charge in [-0.2, -0.15) is 0 Å². The molecule has 0 spiro atoms. The minimum Gasteiger partial charge on any atom is -0.388 e. The van der Waals surface area contributed by atoms with Crippen molar-refractivity contribution >= 4 is 12.0 Å². The summed E-state index contributed by atoms with van der Waals surface area (Å²) in [7, 11) is 1.95. The predicted octanol–water partition coefficient (Wildman–Crippen LogP) is 1.48. The number of hydrogen-bond acceptors (Lipinski definition) is 4. The minimum atomic E-state index is -0.670. The van der Waals surface area contributed by atoms with Crippen LogP contribution in [0.4, 0.5) is 5.69 Å². The van der Waals surface area contributed by atoms with E-state index in [1.165, 1.54) is 0 Å². The molecule has 1 fully saturated rings. The number of aldehydes is 1. The number of ether oxygens (including phenoxy) is 1. The number of anilines is 1. The number of nitrogens with zero attached hydrogens (tertiary/aromatic N) is 1. The van der Waals surface area contributed by atoms with Crippen molar-refractivity contribution in [3.8, 4) is 0 Å². The van der Waals surface area contributed by atoms with Gasteiger partial charge in [0.1, 0.15) is 6.29 Å². The number of benzene rings is 1. The number of carbonyl (C=O) groups is 1. The van der Waals surface area contributed by atoms with Gasteiger partial charge in [0, 0.05) is 50.9 Å². The highest BCUT2D eigenvalue weighted by Crippen LogP contribution is 2.24. The third kappa shape index (κ3) is 3.09. The molecule has 0 aromatic heterocycles. The number of likely N-dealkylation sites (N-methyl/N-ethyl adjacent to an activating group) is 1. The highest BCUT2D eigenvalue weighted by atomic mass is 16.5. The van der Waals surface area contributed by atoms with Gasteiger partial charge in [0.05, 0.1) is 5.60 Å².